The Labute approximate surface area is 134 Å². The second-order valence-electron chi connectivity index (χ2n) is 4.94. The highest BCUT2D eigenvalue weighted by Crippen LogP contribution is 2.10. The summed E-state index contributed by atoms with van der Waals surface area (Å²) in [6, 6.07) is 15.0. The van der Waals surface area contributed by atoms with Crippen LogP contribution in [0.25, 0.3) is 0 Å². The molecule has 23 heavy (non-hydrogen) atoms. The van der Waals surface area contributed by atoms with Crippen molar-refractivity contribution in [2.75, 3.05) is 5.32 Å². The van der Waals surface area contributed by atoms with Gasteiger partial charge in [0.15, 0.2) is 0 Å². The van der Waals surface area contributed by atoms with E-state index in [0.717, 1.165) is 11.1 Å². The fourth-order valence-corrected chi connectivity index (χ4v) is 1.95. The lowest BCUT2D eigenvalue weighted by Crippen LogP contribution is -2.16. The molecule has 0 saturated heterocycles. The quantitative estimate of drug-likeness (QED) is 0.658. The van der Waals surface area contributed by atoms with Gasteiger partial charge in [0.05, 0.1) is 0 Å². The minimum absolute atomic E-state index is 0.0529. The highest BCUT2D eigenvalue weighted by Gasteiger charge is 2.09. The molecule has 2 aromatic rings. The lowest BCUT2D eigenvalue weighted by molar-refractivity contribution is -0.112. The van der Waals surface area contributed by atoms with Gasteiger partial charge in [-0.05, 0) is 42.3 Å². The van der Waals surface area contributed by atoms with E-state index < -0.39 is 5.91 Å². The van der Waals surface area contributed by atoms with Crippen molar-refractivity contribution in [3.8, 4) is 6.07 Å². The summed E-state index contributed by atoms with van der Waals surface area (Å²) in [7, 11) is 0. The smallest absolute Gasteiger partial charge is 0.267 e. The number of nitriles is 1. The monoisotopic (exact) mass is 309 g/mol. The summed E-state index contributed by atoms with van der Waals surface area (Å²) in [6.45, 7) is 2.51. The maximum absolute atomic E-state index is 12.8. The second-order valence-corrected chi connectivity index (χ2v) is 4.94. The molecule has 0 fully saturated rings. The van der Waals surface area contributed by atoms with Crippen LogP contribution in [0.15, 0.2) is 60.3 Å². The predicted molar refractivity (Wildman–Crippen MR) is 86.7 cm³/mol. The van der Waals surface area contributed by atoms with E-state index in [1.807, 2.05) is 37.3 Å². The van der Waals surface area contributed by atoms with Gasteiger partial charge >= 0.3 is 0 Å². The van der Waals surface area contributed by atoms with Crippen molar-refractivity contribution in [3.05, 3.63) is 77.2 Å². The number of anilines is 1. The highest BCUT2D eigenvalue weighted by molar-refractivity contribution is 6.06. The molecule has 2 N–H and O–H groups in total. The number of rotatable bonds is 5. The second kappa shape index (κ2) is 7.76. The molecule has 0 aliphatic carbocycles. The topological polar surface area (TPSA) is 64.9 Å². The Hall–Kier alpha value is -3.13. The number of nitrogens with zero attached hydrogens (tertiary/aromatic N) is 1. The van der Waals surface area contributed by atoms with Gasteiger partial charge in [0, 0.05) is 18.4 Å². The average molecular weight is 309 g/mol. The van der Waals surface area contributed by atoms with Crippen LogP contribution in [-0.2, 0) is 11.3 Å². The number of benzene rings is 2. The molecule has 0 atom stereocenters. The van der Waals surface area contributed by atoms with Gasteiger partial charge in [-0.2, -0.15) is 5.26 Å². The normalized spacial score (nSPS) is 10.7. The first-order valence-electron chi connectivity index (χ1n) is 7.05. The zero-order valence-corrected chi connectivity index (χ0v) is 12.6. The first kappa shape index (κ1) is 16.2. The lowest BCUT2D eigenvalue weighted by atomic mass is 10.1. The summed E-state index contributed by atoms with van der Waals surface area (Å²) in [5, 5.41) is 14.6. The third-order valence-corrected chi connectivity index (χ3v) is 3.27. The van der Waals surface area contributed by atoms with Crippen LogP contribution in [0, 0.1) is 24.1 Å². The van der Waals surface area contributed by atoms with Gasteiger partial charge in [0.2, 0.25) is 0 Å². The van der Waals surface area contributed by atoms with Gasteiger partial charge in [-0.25, -0.2) is 4.39 Å². The molecule has 0 aliphatic heterocycles. The number of nitrogens with one attached hydrogen (secondary N) is 2. The summed E-state index contributed by atoms with van der Waals surface area (Å²) in [5.41, 5.74) is 2.59. The summed E-state index contributed by atoms with van der Waals surface area (Å²) >= 11 is 0. The van der Waals surface area contributed by atoms with Crippen molar-refractivity contribution in [1.82, 2.24) is 5.32 Å². The minimum Gasteiger partial charge on any atom is -0.386 e. The number of carbonyl (C=O) groups excluding carboxylic acids is 1. The Kier molecular flexibility index (Phi) is 5.48. The molecule has 0 radical (unpaired) electrons. The van der Waals surface area contributed by atoms with E-state index in [1.165, 1.54) is 30.5 Å². The molecule has 0 aliphatic rings. The molecule has 4 nitrogen and oxygen atoms in total. The van der Waals surface area contributed by atoms with Crippen LogP contribution in [0.2, 0.25) is 0 Å². The van der Waals surface area contributed by atoms with Gasteiger partial charge in [-0.3, -0.25) is 4.79 Å². The molecule has 0 saturated carbocycles. The van der Waals surface area contributed by atoms with Crippen LogP contribution in [0.5, 0.6) is 0 Å². The van der Waals surface area contributed by atoms with Crippen LogP contribution >= 0.6 is 0 Å². The maximum atomic E-state index is 12.8. The van der Waals surface area contributed by atoms with Crippen LogP contribution < -0.4 is 10.6 Å². The lowest BCUT2D eigenvalue weighted by Gasteiger charge is -2.07. The van der Waals surface area contributed by atoms with Crippen LogP contribution in [-0.4, -0.2) is 5.91 Å². The molecule has 2 rings (SSSR count). The molecule has 1 amide bonds. The van der Waals surface area contributed by atoms with Crippen molar-refractivity contribution >= 4 is 11.6 Å². The number of hydrogen-bond donors (Lipinski definition) is 2. The minimum atomic E-state index is -0.545. The first-order chi connectivity index (χ1) is 11.1. The molecule has 0 bridgehead atoms. The van der Waals surface area contributed by atoms with E-state index in [1.54, 1.807) is 0 Å². The zero-order chi connectivity index (χ0) is 16.7. The Morgan fingerprint density at radius 1 is 1.22 bits per heavy atom. The largest absolute Gasteiger partial charge is 0.386 e. The van der Waals surface area contributed by atoms with E-state index in [4.69, 9.17) is 5.26 Å². The van der Waals surface area contributed by atoms with Crippen molar-refractivity contribution < 1.29 is 9.18 Å². The van der Waals surface area contributed by atoms with Gasteiger partial charge in [0.1, 0.15) is 17.5 Å². The van der Waals surface area contributed by atoms with Crippen molar-refractivity contribution in [3.63, 3.8) is 0 Å². The average Bonchev–Trinajstić information content (AvgIpc) is 2.55. The third-order valence-electron chi connectivity index (χ3n) is 3.27. The zero-order valence-electron chi connectivity index (χ0n) is 12.6. The molecule has 2 aromatic carbocycles. The van der Waals surface area contributed by atoms with E-state index in [0.29, 0.717) is 12.2 Å². The first-order valence-corrected chi connectivity index (χ1v) is 7.05. The van der Waals surface area contributed by atoms with Gasteiger partial charge < -0.3 is 10.6 Å². The number of hydrogen-bond acceptors (Lipinski definition) is 3. The van der Waals surface area contributed by atoms with Crippen molar-refractivity contribution in [2.45, 2.75) is 13.5 Å². The number of carbonyl (C=O) groups is 1. The predicted octanol–water partition coefficient (Wildman–Crippen LogP) is 3.27. The number of aryl methyl sites for hydroxylation is 1. The summed E-state index contributed by atoms with van der Waals surface area (Å²) < 4.78 is 12.8. The summed E-state index contributed by atoms with van der Waals surface area (Å²) in [5.74, 6) is -0.935. The van der Waals surface area contributed by atoms with E-state index in [9.17, 15) is 9.18 Å². The van der Waals surface area contributed by atoms with Crippen LogP contribution in [0.1, 0.15) is 11.1 Å². The molecule has 116 valence electrons. The fraction of sp³-hybridized carbons (Fsp3) is 0.111. The van der Waals surface area contributed by atoms with Crippen LogP contribution in [0.4, 0.5) is 10.1 Å². The standard InChI is InChI=1S/C18H16FN3O/c1-13-4-2-3-5-14(13)11-21-12-15(10-20)18(23)22-17-8-6-16(19)7-9-17/h2-9,12,21H,11H2,1H3,(H,22,23)/b15-12-. The molecule has 0 spiro atoms. The number of halogens is 1. The third kappa shape index (κ3) is 4.68. The molecular weight excluding hydrogens is 293 g/mol. The SMILES string of the molecule is Cc1ccccc1CN/C=C(/C#N)C(=O)Nc1ccc(F)cc1. The Morgan fingerprint density at radius 3 is 2.57 bits per heavy atom. The molecule has 0 heterocycles. The van der Waals surface area contributed by atoms with Crippen molar-refractivity contribution in [2.24, 2.45) is 0 Å². The van der Waals surface area contributed by atoms with Gasteiger partial charge in [0.25, 0.3) is 5.91 Å². The fourth-order valence-electron chi connectivity index (χ4n) is 1.95. The summed E-state index contributed by atoms with van der Waals surface area (Å²) in [4.78, 5) is 12.0. The van der Waals surface area contributed by atoms with E-state index >= 15 is 0 Å². The molecular formula is C18H16FN3O. The van der Waals surface area contributed by atoms with Gasteiger partial charge in [-0.1, -0.05) is 24.3 Å². The molecule has 0 aromatic heterocycles. The Morgan fingerprint density at radius 2 is 1.91 bits per heavy atom. The highest BCUT2D eigenvalue weighted by atomic mass is 19.1. The van der Waals surface area contributed by atoms with Crippen LogP contribution in [0.3, 0.4) is 0 Å². The molecule has 0 unspecified atom stereocenters. The van der Waals surface area contributed by atoms with E-state index in [2.05, 4.69) is 10.6 Å². The molecule has 5 heteroatoms. The van der Waals surface area contributed by atoms with Crippen molar-refractivity contribution in [1.29, 1.82) is 5.26 Å². The van der Waals surface area contributed by atoms with Gasteiger partial charge in [-0.15, -0.1) is 0 Å². The number of amides is 1. The summed E-state index contributed by atoms with van der Waals surface area (Å²) in [6.07, 6.45) is 1.38. The van der Waals surface area contributed by atoms with E-state index in [-0.39, 0.29) is 11.4 Å². The Balaban J connectivity index is 1.98. The maximum Gasteiger partial charge on any atom is 0.267 e. The Bertz CT molecular complexity index is 761.